The van der Waals surface area contributed by atoms with E-state index in [2.05, 4.69) is 16.1 Å². The molecule has 0 amide bonds. The standard InChI is InChI=1S/C14H20O6/c1-6-7-9(2)12(20-10(3)15)8-11(13(16)18-4)14(17)19-5/h6,11H,1,7-8H2,2-5H3/b12-9+. The van der Waals surface area contributed by atoms with Crippen molar-refractivity contribution in [3.63, 3.8) is 0 Å². The van der Waals surface area contributed by atoms with Gasteiger partial charge in [-0.1, -0.05) is 6.08 Å². The van der Waals surface area contributed by atoms with Crippen molar-refractivity contribution in [2.24, 2.45) is 5.92 Å². The van der Waals surface area contributed by atoms with Gasteiger partial charge in [0.05, 0.1) is 14.2 Å². The van der Waals surface area contributed by atoms with Gasteiger partial charge in [0, 0.05) is 13.3 Å². The van der Waals surface area contributed by atoms with Gasteiger partial charge in [-0.15, -0.1) is 6.58 Å². The van der Waals surface area contributed by atoms with Crippen LogP contribution in [0, 0.1) is 5.92 Å². The third-order valence-electron chi connectivity index (χ3n) is 2.55. The first-order valence-electron chi connectivity index (χ1n) is 6.00. The van der Waals surface area contributed by atoms with Crippen LogP contribution in [0.4, 0.5) is 0 Å². The van der Waals surface area contributed by atoms with Gasteiger partial charge in [-0.25, -0.2) is 0 Å². The van der Waals surface area contributed by atoms with E-state index in [1.54, 1.807) is 13.0 Å². The molecule has 0 unspecified atom stereocenters. The number of carbonyl (C=O) groups is 3. The van der Waals surface area contributed by atoms with Crippen molar-refractivity contribution in [3.8, 4) is 0 Å². The lowest BCUT2D eigenvalue weighted by atomic mass is 10.0. The molecular formula is C14H20O6. The molecule has 0 aliphatic carbocycles. The molecule has 0 rings (SSSR count). The number of hydrogen-bond donors (Lipinski definition) is 0. The van der Waals surface area contributed by atoms with Crippen LogP contribution in [0.1, 0.15) is 26.7 Å². The number of carbonyl (C=O) groups excluding carboxylic acids is 3. The number of ether oxygens (including phenoxy) is 3. The molecule has 0 aromatic heterocycles. The van der Waals surface area contributed by atoms with Gasteiger partial charge in [-0.2, -0.15) is 0 Å². The molecule has 0 spiro atoms. The number of rotatable bonds is 7. The third kappa shape index (κ3) is 5.69. The highest BCUT2D eigenvalue weighted by Gasteiger charge is 2.31. The molecule has 0 saturated carbocycles. The van der Waals surface area contributed by atoms with E-state index < -0.39 is 23.8 Å². The van der Waals surface area contributed by atoms with E-state index >= 15 is 0 Å². The lowest BCUT2D eigenvalue weighted by Gasteiger charge is -2.16. The molecule has 0 saturated heterocycles. The summed E-state index contributed by atoms with van der Waals surface area (Å²) >= 11 is 0. The maximum Gasteiger partial charge on any atom is 0.320 e. The van der Waals surface area contributed by atoms with Crippen molar-refractivity contribution in [3.05, 3.63) is 24.0 Å². The first kappa shape index (κ1) is 17.9. The Bertz CT molecular complexity index is 405. The van der Waals surface area contributed by atoms with E-state index in [0.29, 0.717) is 12.0 Å². The Morgan fingerprint density at radius 1 is 1.10 bits per heavy atom. The fraction of sp³-hybridized carbons (Fsp3) is 0.500. The van der Waals surface area contributed by atoms with Gasteiger partial charge < -0.3 is 14.2 Å². The molecule has 112 valence electrons. The Hall–Kier alpha value is -2.11. The molecule has 6 heteroatoms. The van der Waals surface area contributed by atoms with E-state index in [-0.39, 0.29) is 12.2 Å². The minimum atomic E-state index is -1.17. The highest BCUT2D eigenvalue weighted by atomic mass is 16.5. The highest BCUT2D eigenvalue weighted by Crippen LogP contribution is 2.21. The monoisotopic (exact) mass is 284 g/mol. The Kier molecular flexibility index (Phi) is 7.96. The second kappa shape index (κ2) is 8.90. The smallest absolute Gasteiger partial charge is 0.320 e. The lowest BCUT2D eigenvalue weighted by Crippen LogP contribution is -2.27. The number of methoxy groups -OCH3 is 2. The first-order valence-corrected chi connectivity index (χ1v) is 6.00. The molecule has 0 aliphatic rings. The van der Waals surface area contributed by atoms with E-state index in [9.17, 15) is 14.4 Å². The summed E-state index contributed by atoms with van der Waals surface area (Å²) in [6.07, 6.45) is 2.00. The molecule has 0 radical (unpaired) electrons. The molecular weight excluding hydrogens is 264 g/mol. The van der Waals surface area contributed by atoms with Crippen molar-refractivity contribution < 1.29 is 28.6 Å². The van der Waals surface area contributed by atoms with Gasteiger partial charge >= 0.3 is 17.9 Å². The van der Waals surface area contributed by atoms with Gasteiger partial charge in [-0.3, -0.25) is 14.4 Å². The van der Waals surface area contributed by atoms with E-state index in [1.807, 2.05) is 0 Å². The second-order valence-corrected chi connectivity index (χ2v) is 4.09. The summed E-state index contributed by atoms with van der Waals surface area (Å²) in [5.74, 6) is -2.94. The largest absolute Gasteiger partial charge is 0.468 e. The molecule has 0 bridgehead atoms. The van der Waals surface area contributed by atoms with Crippen molar-refractivity contribution in [1.29, 1.82) is 0 Å². The van der Waals surface area contributed by atoms with Crippen LogP contribution in [0.15, 0.2) is 24.0 Å². The van der Waals surface area contributed by atoms with Crippen LogP contribution in [0.2, 0.25) is 0 Å². The maximum atomic E-state index is 11.6. The summed E-state index contributed by atoms with van der Waals surface area (Å²) in [7, 11) is 2.34. The number of allylic oxidation sites excluding steroid dienone is 3. The predicted octanol–water partition coefficient (Wildman–Crippen LogP) is 1.75. The molecule has 0 heterocycles. The van der Waals surface area contributed by atoms with E-state index in [4.69, 9.17) is 4.74 Å². The Labute approximate surface area is 118 Å². The third-order valence-corrected chi connectivity index (χ3v) is 2.55. The predicted molar refractivity (Wildman–Crippen MR) is 71.4 cm³/mol. The van der Waals surface area contributed by atoms with Crippen LogP contribution in [0.25, 0.3) is 0 Å². The second-order valence-electron chi connectivity index (χ2n) is 4.09. The van der Waals surface area contributed by atoms with Gasteiger partial charge in [0.1, 0.15) is 5.76 Å². The van der Waals surface area contributed by atoms with Crippen LogP contribution in [0.5, 0.6) is 0 Å². The topological polar surface area (TPSA) is 78.9 Å². The van der Waals surface area contributed by atoms with Crippen LogP contribution < -0.4 is 0 Å². The normalized spacial score (nSPS) is 11.4. The fourth-order valence-electron chi connectivity index (χ4n) is 1.54. The van der Waals surface area contributed by atoms with Crippen molar-refractivity contribution >= 4 is 17.9 Å². The van der Waals surface area contributed by atoms with Crippen LogP contribution >= 0.6 is 0 Å². The lowest BCUT2D eigenvalue weighted by molar-refractivity contribution is -0.159. The zero-order valence-corrected chi connectivity index (χ0v) is 12.2. The number of esters is 3. The number of hydrogen-bond acceptors (Lipinski definition) is 6. The summed E-state index contributed by atoms with van der Waals surface area (Å²) in [6.45, 7) is 6.56. The van der Waals surface area contributed by atoms with E-state index in [1.165, 1.54) is 21.1 Å². The Morgan fingerprint density at radius 3 is 1.95 bits per heavy atom. The van der Waals surface area contributed by atoms with Crippen LogP contribution in [-0.4, -0.2) is 32.1 Å². The summed E-state index contributed by atoms with van der Waals surface area (Å²) in [5.41, 5.74) is 0.702. The summed E-state index contributed by atoms with van der Waals surface area (Å²) < 4.78 is 14.2. The SMILES string of the molecule is C=CC/C(C)=C(\CC(C(=O)OC)C(=O)OC)OC(C)=O. The molecule has 0 fully saturated rings. The van der Waals surface area contributed by atoms with Crippen molar-refractivity contribution in [2.45, 2.75) is 26.7 Å². The van der Waals surface area contributed by atoms with Gasteiger partial charge in [0.15, 0.2) is 5.92 Å². The summed E-state index contributed by atoms with van der Waals surface area (Å²) in [5, 5.41) is 0. The first-order chi connectivity index (χ1) is 9.37. The average Bonchev–Trinajstić information content (AvgIpc) is 2.41. The summed E-state index contributed by atoms with van der Waals surface area (Å²) in [4.78, 5) is 34.3. The molecule has 20 heavy (non-hydrogen) atoms. The van der Waals surface area contributed by atoms with Crippen LogP contribution in [0.3, 0.4) is 0 Å². The van der Waals surface area contributed by atoms with Gasteiger partial charge in [0.25, 0.3) is 0 Å². The molecule has 0 aliphatic heterocycles. The van der Waals surface area contributed by atoms with Crippen LogP contribution in [-0.2, 0) is 28.6 Å². The highest BCUT2D eigenvalue weighted by molar-refractivity contribution is 5.95. The zero-order chi connectivity index (χ0) is 15.7. The summed E-state index contributed by atoms with van der Waals surface area (Å²) in [6, 6.07) is 0. The quantitative estimate of drug-likeness (QED) is 0.233. The molecule has 0 atom stereocenters. The minimum absolute atomic E-state index is 0.0986. The van der Waals surface area contributed by atoms with Gasteiger partial charge in [0.2, 0.25) is 0 Å². The van der Waals surface area contributed by atoms with E-state index in [0.717, 1.165) is 0 Å². The Morgan fingerprint density at radius 2 is 1.60 bits per heavy atom. The average molecular weight is 284 g/mol. The fourth-order valence-corrected chi connectivity index (χ4v) is 1.54. The molecule has 0 aromatic carbocycles. The minimum Gasteiger partial charge on any atom is -0.468 e. The maximum absolute atomic E-state index is 11.6. The molecule has 0 aromatic rings. The van der Waals surface area contributed by atoms with Crippen molar-refractivity contribution in [1.82, 2.24) is 0 Å². The van der Waals surface area contributed by atoms with Gasteiger partial charge in [-0.05, 0) is 18.9 Å². The Balaban J connectivity index is 5.31. The zero-order valence-electron chi connectivity index (χ0n) is 12.2. The molecule has 6 nitrogen and oxygen atoms in total. The van der Waals surface area contributed by atoms with Crippen molar-refractivity contribution in [2.75, 3.05) is 14.2 Å². The molecule has 0 N–H and O–H groups in total.